The van der Waals surface area contributed by atoms with Gasteiger partial charge in [-0.1, -0.05) is 18.2 Å². The van der Waals surface area contributed by atoms with E-state index in [1.54, 1.807) is 24.3 Å². The first-order chi connectivity index (χ1) is 11.2. The van der Waals surface area contributed by atoms with E-state index in [9.17, 15) is 9.59 Å². The molecule has 6 heteroatoms. The molecule has 2 aromatic carbocycles. The predicted octanol–water partition coefficient (Wildman–Crippen LogP) is 3.72. The van der Waals surface area contributed by atoms with Crippen LogP contribution in [-0.2, 0) is 4.79 Å². The minimum atomic E-state index is -0.624. The van der Waals surface area contributed by atoms with Crippen LogP contribution in [0.15, 0.2) is 54.6 Å². The molecule has 1 atom stereocenters. The van der Waals surface area contributed by atoms with Gasteiger partial charge in [0.1, 0.15) is 5.75 Å². The summed E-state index contributed by atoms with van der Waals surface area (Å²) in [5, 5.41) is 2.19. The fourth-order valence-corrected chi connectivity index (χ4v) is 3.18. The van der Waals surface area contributed by atoms with E-state index >= 15 is 0 Å². The molecule has 5 nitrogen and oxygen atoms in total. The topological polar surface area (TPSA) is 58.6 Å². The van der Waals surface area contributed by atoms with Crippen LogP contribution in [0.25, 0.3) is 0 Å². The number of rotatable bonds is 5. The number of para-hydroxylation sites is 1. The Kier molecular flexibility index (Phi) is 4.52. The van der Waals surface area contributed by atoms with Gasteiger partial charge >= 0.3 is 0 Å². The van der Waals surface area contributed by atoms with Gasteiger partial charge in [-0.2, -0.15) is 0 Å². The van der Waals surface area contributed by atoms with Crippen LogP contribution < -0.4 is 15.0 Å². The summed E-state index contributed by atoms with van der Waals surface area (Å²) in [6.07, 6.45) is 0. The zero-order valence-electron chi connectivity index (χ0n) is 12.6. The number of ether oxygens (including phenoxy) is 1. The smallest absolute Gasteiger partial charge is 0.295 e. The van der Waals surface area contributed by atoms with Crippen LogP contribution in [0, 0.1) is 0 Å². The largest absolute Gasteiger partial charge is 0.494 e. The molecule has 23 heavy (non-hydrogen) atoms. The lowest BCUT2D eigenvalue weighted by molar-refractivity contribution is -0.116. The number of hydrogen-bond donors (Lipinski definition) is 1. The number of nitrogens with one attached hydrogen (secondary N) is 1. The summed E-state index contributed by atoms with van der Waals surface area (Å²) in [5.74, 6) is 0.505. The fraction of sp³-hybridized carbons (Fsp3) is 0.176. The Morgan fingerprint density at radius 2 is 1.78 bits per heavy atom. The first-order valence-electron chi connectivity index (χ1n) is 7.28. The highest BCUT2D eigenvalue weighted by Crippen LogP contribution is 2.32. The lowest BCUT2D eigenvalue weighted by Gasteiger charge is -2.15. The van der Waals surface area contributed by atoms with Crippen LogP contribution >= 0.6 is 11.8 Å². The third kappa shape index (κ3) is 3.32. The summed E-state index contributed by atoms with van der Waals surface area (Å²) < 4.78 is 5.38. The second-order valence-corrected chi connectivity index (χ2v) is 5.93. The number of thioether (sulfide) groups is 1. The number of hydrogen-bond acceptors (Lipinski definition) is 5. The molecule has 0 radical (unpaired) electrons. The number of benzene rings is 2. The second kappa shape index (κ2) is 6.75. The SMILES string of the molecule is CCOc1ccc(NC2SC(=O)N(c3ccccc3)C2=O)cc1. The zero-order chi connectivity index (χ0) is 16.2. The number of anilines is 2. The maximum absolute atomic E-state index is 12.5. The molecule has 1 aliphatic rings. The molecule has 118 valence electrons. The standard InChI is InChI=1S/C17H16N2O3S/c1-2-22-14-10-8-12(9-11-14)18-15-16(20)19(17(21)23-15)13-6-4-3-5-7-13/h3-11,15,18H,2H2,1H3. The number of nitrogens with zero attached hydrogens (tertiary/aromatic N) is 1. The van der Waals surface area contributed by atoms with Gasteiger partial charge in [0.05, 0.1) is 12.3 Å². The number of carbonyl (C=O) groups is 2. The monoisotopic (exact) mass is 328 g/mol. The van der Waals surface area contributed by atoms with E-state index in [1.807, 2.05) is 37.3 Å². The van der Waals surface area contributed by atoms with Crippen molar-refractivity contribution in [3.63, 3.8) is 0 Å². The molecular formula is C17H16N2O3S. The van der Waals surface area contributed by atoms with Gasteiger partial charge in [0.25, 0.3) is 11.1 Å². The third-order valence-corrected chi connectivity index (χ3v) is 4.26. The van der Waals surface area contributed by atoms with E-state index in [-0.39, 0.29) is 11.1 Å². The highest BCUT2D eigenvalue weighted by Gasteiger charge is 2.40. The molecule has 1 saturated heterocycles. The Bertz CT molecular complexity index is 704. The van der Waals surface area contributed by atoms with E-state index in [4.69, 9.17) is 4.74 Å². The average molecular weight is 328 g/mol. The molecule has 1 unspecified atom stereocenters. The first-order valence-corrected chi connectivity index (χ1v) is 8.16. The van der Waals surface area contributed by atoms with Crippen LogP contribution in [0.3, 0.4) is 0 Å². The predicted molar refractivity (Wildman–Crippen MR) is 91.9 cm³/mol. The van der Waals surface area contributed by atoms with E-state index in [2.05, 4.69) is 5.32 Å². The van der Waals surface area contributed by atoms with Crippen LogP contribution in [0.2, 0.25) is 0 Å². The van der Waals surface area contributed by atoms with E-state index in [0.717, 1.165) is 23.2 Å². The Labute approximate surface area is 138 Å². The second-order valence-electron chi connectivity index (χ2n) is 4.87. The summed E-state index contributed by atoms with van der Waals surface area (Å²) in [6.45, 7) is 2.52. The van der Waals surface area contributed by atoms with Gasteiger partial charge in [0.15, 0.2) is 5.37 Å². The molecule has 2 aromatic rings. The highest BCUT2D eigenvalue weighted by molar-refractivity contribution is 8.16. The molecule has 0 aliphatic carbocycles. The minimum absolute atomic E-state index is 0.264. The van der Waals surface area contributed by atoms with Crippen LogP contribution in [-0.4, -0.2) is 23.1 Å². The summed E-state index contributed by atoms with van der Waals surface area (Å²) in [7, 11) is 0. The van der Waals surface area contributed by atoms with Gasteiger partial charge in [-0.15, -0.1) is 0 Å². The van der Waals surface area contributed by atoms with Crippen LogP contribution in [0.1, 0.15) is 6.92 Å². The highest BCUT2D eigenvalue weighted by atomic mass is 32.2. The molecule has 0 spiro atoms. The summed E-state index contributed by atoms with van der Waals surface area (Å²) >= 11 is 0.981. The molecule has 1 fully saturated rings. The molecule has 1 aliphatic heterocycles. The Morgan fingerprint density at radius 1 is 1.09 bits per heavy atom. The maximum atomic E-state index is 12.5. The van der Waals surface area contributed by atoms with Crippen molar-refractivity contribution in [2.75, 3.05) is 16.8 Å². The molecule has 3 rings (SSSR count). The van der Waals surface area contributed by atoms with Gasteiger partial charge in [-0.25, -0.2) is 4.90 Å². The Morgan fingerprint density at radius 3 is 2.43 bits per heavy atom. The average Bonchev–Trinajstić information content (AvgIpc) is 2.84. The van der Waals surface area contributed by atoms with Crippen LogP contribution in [0.4, 0.5) is 16.2 Å². The van der Waals surface area contributed by atoms with Gasteiger partial charge in [0, 0.05) is 5.69 Å². The molecule has 1 heterocycles. The van der Waals surface area contributed by atoms with Gasteiger partial charge in [-0.05, 0) is 55.1 Å². The lowest BCUT2D eigenvalue weighted by atomic mass is 10.3. The van der Waals surface area contributed by atoms with Crippen molar-refractivity contribution >= 4 is 34.3 Å². The van der Waals surface area contributed by atoms with E-state index in [1.165, 1.54) is 4.90 Å². The van der Waals surface area contributed by atoms with Crippen molar-refractivity contribution in [1.29, 1.82) is 0 Å². The summed E-state index contributed by atoms with van der Waals surface area (Å²) in [4.78, 5) is 25.8. The van der Waals surface area contributed by atoms with E-state index in [0.29, 0.717) is 12.3 Å². The van der Waals surface area contributed by atoms with Crippen molar-refractivity contribution in [2.45, 2.75) is 12.3 Å². The van der Waals surface area contributed by atoms with Crippen molar-refractivity contribution in [2.24, 2.45) is 0 Å². The van der Waals surface area contributed by atoms with Gasteiger partial charge in [-0.3, -0.25) is 9.59 Å². The summed E-state index contributed by atoms with van der Waals surface area (Å²) in [6, 6.07) is 16.2. The Hall–Kier alpha value is -2.47. The maximum Gasteiger partial charge on any atom is 0.295 e. The lowest BCUT2D eigenvalue weighted by Crippen LogP contribution is -2.34. The molecule has 0 bridgehead atoms. The fourth-order valence-electron chi connectivity index (χ4n) is 2.28. The zero-order valence-corrected chi connectivity index (χ0v) is 13.4. The molecule has 2 amide bonds. The van der Waals surface area contributed by atoms with Crippen LogP contribution in [0.5, 0.6) is 5.75 Å². The van der Waals surface area contributed by atoms with Gasteiger partial charge < -0.3 is 10.1 Å². The quantitative estimate of drug-likeness (QED) is 0.906. The third-order valence-electron chi connectivity index (χ3n) is 3.32. The number of imide groups is 1. The van der Waals surface area contributed by atoms with Crippen molar-refractivity contribution in [3.05, 3.63) is 54.6 Å². The first kappa shape index (κ1) is 15.4. The molecule has 0 saturated carbocycles. The van der Waals surface area contributed by atoms with Crippen molar-refractivity contribution in [1.82, 2.24) is 0 Å². The number of carbonyl (C=O) groups excluding carboxylic acids is 2. The molecular weight excluding hydrogens is 312 g/mol. The molecule has 0 aromatic heterocycles. The summed E-state index contributed by atoms with van der Waals surface area (Å²) in [5.41, 5.74) is 1.35. The minimum Gasteiger partial charge on any atom is -0.494 e. The molecule has 1 N–H and O–H groups in total. The van der Waals surface area contributed by atoms with Gasteiger partial charge in [0.2, 0.25) is 0 Å². The normalized spacial score (nSPS) is 17.4. The van der Waals surface area contributed by atoms with Crippen molar-refractivity contribution < 1.29 is 14.3 Å². The van der Waals surface area contributed by atoms with Crippen molar-refractivity contribution in [3.8, 4) is 5.75 Å². The van der Waals surface area contributed by atoms with E-state index < -0.39 is 5.37 Å². The number of amides is 2. The Balaban J connectivity index is 1.72.